The van der Waals surface area contributed by atoms with Crippen LogP contribution in [-0.2, 0) is 22.7 Å². The van der Waals surface area contributed by atoms with E-state index in [1.807, 2.05) is 30.3 Å². The first-order chi connectivity index (χ1) is 17.2. The maximum absolute atomic E-state index is 12.9. The number of carbonyl (C=O) groups is 3. The monoisotopic (exact) mass is 840 g/mol. The molecule has 186 valence electrons. The minimum Gasteiger partial charge on any atom is -0.487 e. The second-order valence-electron chi connectivity index (χ2n) is 7.48. The molecule has 1 saturated heterocycles. The van der Waals surface area contributed by atoms with Gasteiger partial charge >= 0.3 is 12.0 Å². The van der Waals surface area contributed by atoms with Gasteiger partial charge in [-0.3, -0.25) is 9.69 Å². The van der Waals surface area contributed by atoms with Gasteiger partial charge in [0.2, 0.25) is 5.76 Å². The third kappa shape index (κ3) is 6.14. The molecule has 0 saturated carbocycles. The largest absolute Gasteiger partial charge is 0.487 e. The van der Waals surface area contributed by atoms with Crippen LogP contribution in [0.3, 0.4) is 0 Å². The van der Waals surface area contributed by atoms with E-state index in [1.54, 1.807) is 6.08 Å². The summed E-state index contributed by atoms with van der Waals surface area (Å²) in [7, 11) is 1.24. The van der Waals surface area contributed by atoms with Gasteiger partial charge in [-0.15, -0.1) is 0 Å². The van der Waals surface area contributed by atoms with Crippen molar-refractivity contribution in [3.05, 3.63) is 86.9 Å². The van der Waals surface area contributed by atoms with Gasteiger partial charge in [0, 0.05) is 14.5 Å². The summed E-state index contributed by atoms with van der Waals surface area (Å²) in [6.07, 6.45) is 1.61. The lowest BCUT2D eigenvalue weighted by molar-refractivity contribution is -0.123. The van der Waals surface area contributed by atoms with E-state index >= 15 is 0 Å². The van der Waals surface area contributed by atoms with Crippen LogP contribution < -0.4 is 10.1 Å². The minimum atomic E-state index is -0.639. The predicted molar refractivity (Wildman–Crippen MR) is 155 cm³/mol. The number of carbonyl (C=O) groups excluding carboxylic acids is 3. The average Bonchev–Trinajstić information content (AvgIpc) is 3.39. The molecule has 4 rings (SSSR count). The van der Waals surface area contributed by atoms with Crippen molar-refractivity contribution in [3.8, 4) is 5.75 Å². The van der Waals surface area contributed by atoms with Crippen LogP contribution in [0.4, 0.5) is 4.79 Å². The maximum atomic E-state index is 12.9. The Hall–Kier alpha value is -1.91. The standard InChI is InChI=1S/C24H16Br2I2N2O6/c1-34-23(32)20-5-4-15(36-20)10-30-22(31)19(29-24(30)33)8-12-6-17(27)21(18(28)7-12)35-11-13-2-3-14(25)9-16(13)26/h2-9H,10-11H2,1H3,(H,29,33)/b19-8-. The van der Waals surface area contributed by atoms with Crippen molar-refractivity contribution in [2.45, 2.75) is 13.2 Å². The molecule has 0 unspecified atom stereocenters. The molecule has 1 fully saturated rings. The van der Waals surface area contributed by atoms with Crippen LogP contribution in [0.25, 0.3) is 6.08 Å². The molecular formula is C24H16Br2I2N2O6. The first-order valence-corrected chi connectivity index (χ1v) is 14.0. The minimum absolute atomic E-state index is 0.00530. The van der Waals surface area contributed by atoms with Gasteiger partial charge in [-0.05, 0) is 93.2 Å². The normalized spacial score (nSPS) is 14.4. The fourth-order valence-corrected chi connectivity index (χ4v) is 6.59. The van der Waals surface area contributed by atoms with Crippen molar-refractivity contribution in [1.29, 1.82) is 0 Å². The molecule has 0 spiro atoms. The molecule has 0 aliphatic carbocycles. The average molecular weight is 842 g/mol. The molecule has 2 heterocycles. The summed E-state index contributed by atoms with van der Waals surface area (Å²) >= 11 is 11.4. The van der Waals surface area contributed by atoms with Crippen LogP contribution in [0, 0.1) is 7.14 Å². The number of urea groups is 1. The van der Waals surface area contributed by atoms with Crippen LogP contribution in [0.1, 0.15) is 27.4 Å². The SMILES string of the molecule is COC(=O)c1ccc(CN2C(=O)N/C(=C\c3cc(I)c(OCc4ccc(Br)cc4Br)c(I)c3)C2=O)o1. The number of nitrogens with zero attached hydrogens (tertiary/aromatic N) is 1. The fraction of sp³-hybridized carbons (Fsp3) is 0.125. The lowest BCUT2D eigenvalue weighted by Gasteiger charge is -2.13. The van der Waals surface area contributed by atoms with E-state index in [0.29, 0.717) is 6.61 Å². The zero-order chi connectivity index (χ0) is 26.0. The number of hydrogen-bond acceptors (Lipinski definition) is 6. The number of benzene rings is 2. The van der Waals surface area contributed by atoms with Crippen LogP contribution >= 0.6 is 77.0 Å². The van der Waals surface area contributed by atoms with Gasteiger partial charge in [0.1, 0.15) is 23.8 Å². The molecule has 1 aromatic heterocycles. The van der Waals surface area contributed by atoms with Gasteiger partial charge in [0.05, 0.1) is 20.8 Å². The molecule has 36 heavy (non-hydrogen) atoms. The van der Waals surface area contributed by atoms with E-state index in [4.69, 9.17) is 9.15 Å². The van der Waals surface area contributed by atoms with E-state index in [1.165, 1.54) is 19.2 Å². The van der Waals surface area contributed by atoms with E-state index in [2.05, 4.69) is 87.1 Å². The molecule has 1 aliphatic rings. The van der Waals surface area contributed by atoms with Crippen molar-refractivity contribution in [1.82, 2.24) is 10.2 Å². The van der Waals surface area contributed by atoms with Crippen molar-refractivity contribution >= 4 is 101 Å². The van der Waals surface area contributed by atoms with Crippen molar-refractivity contribution in [2.75, 3.05) is 7.11 Å². The second-order valence-corrected chi connectivity index (χ2v) is 11.6. The molecule has 0 atom stereocenters. The number of hydrogen-bond donors (Lipinski definition) is 1. The van der Waals surface area contributed by atoms with Crippen LogP contribution in [0.15, 0.2) is 61.5 Å². The second kappa shape index (κ2) is 11.6. The molecule has 3 aromatic rings. The smallest absolute Gasteiger partial charge is 0.373 e. The zero-order valence-electron chi connectivity index (χ0n) is 18.4. The number of imide groups is 1. The lowest BCUT2D eigenvalue weighted by Crippen LogP contribution is -2.30. The summed E-state index contributed by atoms with van der Waals surface area (Å²) in [5.74, 6) is -0.130. The summed E-state index contributed by atoms with van der Waals surface area (Å²) in [4.78, 5) is 37.9. The Morgan fingerprint density at radius 2 is 1.83 bits per heavy atom. The summed E-state index contributed by atoms with van der Waals surface area (Å²) in [6.45, 7) is 0.265. The molecule has 12 heteroatoms. The molecule has 0 radical (unpaired) electrons. The highest BCUT2D eigenvalue weighted by Crippen LogP contribution is 2.32. The third-order valence-electron chi connectivity index (χ3n) is 5.04. The Bertz CT molecular complexity index is 1380. The summed E-state index contributed by atoms with van der Waals surface area (Å²) < 4.78 is 19.7. The summed E-state index contributed by atoms with van der Waals surface area (Å²) in [5, 5.41) is 2.59. The van der Waals surface area contributed by atoms with Gasteiger partial charge in [-0.25, -0.2) is 9.59 Å². The van der Waals surface area contributed by atoms with Gasteiger partial charge in [-0.1, -0.05) is 37.9 Å². The number of halogens is 4. The summed E-state index contributed by atoms with van der Waals surface area (Å²) in [6, 6.07) is 12.0. The molecule has 8 nitrogen and oxygen atoms in total. The fourth-order valence-electron chi connectivity index (χ4n) is 3.30. The van der Waals surface area contributed by atoms with Gasteiger partial charge in [-0.2, -0.15) is 0 Å². The Labute approximate surface area is 250 Å². The van der Waals surface area contributed by atoms with Crippen LogP contribution in [0.2, 0.25) is 0 Å². The Morgan fingerprint density at radius 1 is 1.11 bits per heavy atom. The topological polar surface area (TPSA) is 98.1 Å². The quantitative estimate of drug-likeness (QED) is 0.127. The number of nitrogens with one attached hydrogen (secondary N) is 1. The number of ether oxygens (including phenoxy) is 2. The molecular weight excluding hydrogens is 826 g/mol. The predicted octanol–water partition coefficient (Wildman–Crippen LogP) is 6.47. The highest BCUT2D eigenvalue weighted by molar-refractivity contribution is 14.1. The number of amides is 3. The van der Waals surface area contributed by atoms with Crippen molar-refractivity contribution in [3.63, 3.8) is 0 Å². The first-order valence-electron chi connectivity index (χ1n) is 10.2. The number of methoxy groups -OCH3 is 1. The Morgan fingerprint density at radius 3 is 2.50 bits per heavy atom. The molecule has 3 amide bonds. The van der Waals surface area contributed by atoms with E-state index in [0.717, 1.165) is 37.9 Å². The van der Waals surface area contributed by atoms with Crippen molar-refractivity contribution in [2.24, 2.45) is 0 Å². The third-order valence-corrected chi connectivity index (χ3v) is 7.88. The zero-order valence-corrected chi connectivity index (χ0v) is 25.9. The van der Waals surface area contributed by atoms with Gasteiger partial charge in [0.15, 0.2) is 0 Å². The highest BCUT2D eigenvalue weighted by atomic mass is 127. The summed E-state index contributed by atoms with van der Waals surface area (Å²) in [5.41, 5.74) is 1.88. The Kier molecular flexibility index (Phi) is 8.78. The first kappa shape index (κ1) is 27.1. The highest BCUT2D eigenvalue weighted by Gasteiger charge is 2.34. The number of rotatable bonds is 7. The van der Waals surface area contributed by atoms with Crippen LogP contribution in [0.5, 0.6) is 5.75 Å². The molecule has 1 aliphatic heterocycles. The van der Waals surface area contributed by atoms with E-state index < -0.39 is 17.9 Å². The molecule has 2 aromatic carbocycles. The van der Waals surface area contributed by atoms with E-state index in [-0.39, 0.29) is 23.8 Å². The number of esters is 1. The number of furan rings is 1. The van der Waals surface area contributed by atoms with Crippen molar-refractivity contribution < 1.29 is 28.3 Å². The maximum Gasteiger partial charge on any atom is 0.373 e. The van der Waals surface area contributed by atoms with Crippen LogP contribution in [-0.4, -0.2) is 29.9 Å². The van der Waals surface area contributed by atoms with Gasteiger partial charge < -0.3 is 19.2 Å². The van der Waals surface area contributed by atoms with E-state index in [9.17, 15) is 14.4 Å². The van der Waals surface area contributed by atoms with Gasteiger partial charge in [0.25, 0.3) is 5.91 Å². The lowest BCUT2D eigenvalue weighted by atomic mass is 10.2. The molecule has 0 bridgehead atoms. The molecule has 1 N–H and O–H groups in total. The Balaban J connectivity index is 1.48.